The highest BCUT2D eigenvalue weighted by molar-refractivity contribution is 9.10. The molecule has 2 N–H and O–H groups in total. The zero-order valence-electron chi connectivity index (χ0n) is 11.5. The molecule has 0 spiro atoms. The molecule has 1 aromatic rings. The Labute approximate surface area is 127 Å². The van der Waals surface area contributed by atoms with Crippen LogP contribution in [0.2, 0.25) is 0 Å². The Balaban J connectivity index is 2.51. The maximum Gasteiger partial charge on any atom is 0.308 e. The summed E-state index contributed by atoms with van der Waals surface area (Å²) < 4.78 is 0.973. The molecule has 20 heavy (non-hydrogen) atoms. The van der Waals surface area contributed by atoms with Gasteiger partial charge >= 0.3 is 5.97 Å². The highest BCUT2D eigenvalue weighted by Crippen LogP contribution is 2.12. The summed E-state index contributed by atoms with van der Waals surface area (Å²) in [6.07, 6.45) is 3.09. The average Bonchev–Trinajstić information content (AvgIpc) is 2.37. The van der Waals surface area contributed by atoms with Gasteiger partial charge in [-0.1, -0.05) is 41.9 Å². The predicted molar refractivity (Wildman–Crippen MR) is 82.1 cm³/mol. The topological polar surface area (TPSA) is 66.4 Å². The Kier molecular flexibility index (Phi) is 6.45. The van der Waals surface area contributed by atoms with Gasteiger partial charge in [-0.25, -0.2) is 0 Å². The molecular formula is C15H18BrNO3. The lowest BCUT2D eigenvalue weighted by molar-refractivity contribution is -0.143. The number of carboxylic acid groups (broad SMARTS) is 1. The van der Waals surface area contributed by atoms with Gasteiger partial charge in [-0.05, 0) is 29.7 Å². The van der Waals surface area contributed by atoms with Crippen LogP contribution in [0.4, 0.5) is 0 Å². The second-order valence-electron chi connectivity index (χ2n) is 4.82. The minimum atomic E-state index is -0.891. The van der Waals surface area contributed by atoms with Crippen molar-refractivity contribution < 1.29 is 14.7 Å². The summed E-state index contributed by atoms with van der Waals surface area (Å²) in [5, 5.41) is 11.6. The molecule has 0 radical (unpaired) electrons. The molecule has 0 saturated heterocycles. The zero-order valence-corrected chi connectivity index (χ0v) is 13.1. The number of nitrogens with one attached hydrogen (secondary N) is 1. The minimum absolute atomic E-state index is 0.0248. The number of amides is 1. The number of carboxylic acids is 1. The lowest BCUT2D eigenvalue weighted by Gasteiger charge is -2.15. The van der Waals surface area contributed by atoms with E-state index >= 15 is 0 Å². The van der Waals surface area contributed by atoms with E-state index in [4.69, 9.17) is 5.11 Å². The molecule has 0 aliphatic heterocycles. The zero-order chi connectivity index (χ0) is 15.1. The van der Waals surface area contributed by atoms with Crippen LogP contribution in [0.15, 0.2) is 34.8 Å². The molecule has 0 aromatic heterocycles. The molecule has 1 aromatic carbocycles. The molecule has 1 atom stereocenters. The molecular weight excluding hydrogens is 322 g/mol. The second-order valence-corrected chi connectivity index (χ2v) is 5.73. The predicted octanol–water partition coefficient (Wildman–Crippen LogP) is 2.94. The van der Waals surface area contributed by atoms with Gasteiger partial charge in [0.25, 0.3) is 0 Å². The largest absolute Gasteiger partial charge is 0.481 e. The smallest absolute Gasteiger partial charge is 0.308 e. The Morgan fingerprint density at radius 1 is 1.30 bits per heavy atom. The average molecular weight is 340 g/mol. The first-order valence-corrected chi connectivity index (χ1v) is 7.13. The minimum Gasteiger partial charge on any atom is -0.481 e. The Morgan fingerprint density at radius 2 is 1.90 bits per heavy atom. The summed E-state index contributed by atoms with van der Waals surface area (Å²) in [5.74, 6) is -1.78. The quantitative estimate of drug-likeness (QED) is 0.783. The third-order valence-corrected chi connectivity index (χ3v) is 3.44. The molecule has 0 fully saturated rings. The normalized spacial score (nSPS) is 12.6. The summed E-state index contributed by atoms with van der Waals surface area (Å²) in [7, 11) is 0. The molecule has 0 aliphatic carbocycles. The first-order valence-electron chi connectivity index (χ1n) is 6.34. The van der Waals surface area contributed by atoms with E-state index in [0.717, 1.165) is 10.0 Å². The van der Waals surface area contributed by atoms with Crippen molar-refractivity contribution in [2.45, 2.75) is 13.8 Å². The Bertz CT molecular complexity index is 494. The number of carbonyl (C=O) groups excluding carboxylic acids is 1. The fourth-order valence-corrected chi connectivity index (χ4v) is 1.89. The monoisotopic (exact) mass is 339 g/mol. The van der Waals surface area contributed by atoms with E-state index in [-0.39, 0.29) is 18.4 Å². The number of hydrogen-bond donors (Lipinski definition) is 2. The van der Waals surface area contributed by atoms with Crippen LogP contribution in [0, 0.1) is 11.8 Å². The molecule has 0 aliphatic rings. The van der Waals surface area contributed by atoms with Crippen LogP contribution in [-0.4, -0.2) is 23.5 Å². The molecule has 5 heteroatoms. The van der Waals surface area contributed by atoms with Crippen molar-refractivity contribution in [1.29, 1.82) is 0 Å². The van der Waals surface area contributed by atoms with E-state index in [2.05, 4.69) is 21.2 Å². The van der Waals surface area contributed by atoms with E-state index in [1.807, 2.05) is 38.1 Å². The van der Waals surface area contributed by atoms with E-state index in [9.17, 15) is 9.59 Å². The highest BCUT2D eigenvalue weighted by Gasteiger charge is 2.21. The van der Waals surface area contributed by atoms with Crippen molar-refractivity contribution in [3.05, 3.63) is 40.4 Å². The molecule has 1 unspecified atom stereocenters. The van der Waals surface area contributed by atoms with Crippen LogP contribution < -0.4 is 5.32 Å². The van der Waals surface area contributed by atoms with Gasteiger partial charge in [0.15, 0.2) is 0 Å². The molecule has 0 heterocycles. The summed E-state index contributed by atoms with van der Waals surface area (Å²) in [6, 6.07) is 7.53. The van der Waals surface area contributed by atoms with Crippen molar-refractivity contribution in [1.82, 2.24) is 5.32 Å². The van der Waals surface area contributed by atoms with E-state index in [0.29, 0.717) is 0 Å². The lowest BCUT2D eigenvalue weighted by atomic mass is 9.96. The summed E-state index contributed by atoms with van der Waals surface area (Å²) in [4.78, 5) is 22.6. The van der Waals surface area contributed by atoms with Crippen LogP contribution >= 0.6 is 15.9 Å². The third kappa shape index (κ3) is 5.57. The Morgan fingerprint density at radius 3 is 2.40 bits per heavy atom. The summed E-state index contributed by atoms with van der Waals surface area (Å²) in [6.45, 7) is 3.78. The highest BCUT2D eigenvalue weighted by atomic mass is 79.9. The maximum absolute atomic E-state index is 11.6. The van der Waals surface area contributed by atoms with Gasteiger partial charge < -0.3 is 10.4 Å². The van der Waals surface area contributed by atoms with Crippen LogP contribution in [0.1, 0.15) is 19.4 Å². The van der Waals surface area contributed by atoms with E-state index in [1.165, 1.54) is 6.08 Å². The molecule has 4 nitrogen and oxygen atoms in total. The van der Waals surface area contributed by atoms with Gasteiger partial charge in [-0.3, -0.25) is 9.59 Å². The molecule has 0 saturated carbocycles. The van der Waals surface area contributed by atoms with Crippen molar-refractivity contribution in [2.75, 3.05) is 6.54 Å². The maximum atomic E-state index is 11.6. The Hall–Kier alpha value is -1.62. The number of rotatable bonds is 6. The van der Waals surface area contributed by atoms with Crippen molar-refractivity contribution in [2.24, 2.45) is 11.8 Å². The van der Waals surface area contributed by atoms with Gasteiger partial charge in [0.1, 0.15) is 0 Å². The fraction of sp³-hybridized carbons (Fsp3) is 0.333. The second kappa shape index (κ2) is 7.85. The van der Waals surface area contributed by atoms with E-state index < -0.39 is 11.9 Å². The van der Waals surface area contributed by atoms with E-state index in [1.54, 1.807) is 6.08 Å². The van der Waals surface area contributed by atoms with Crippen LogP contribution in [0.25, 0.3) is 6.08 Å². The fourth-order valence-electron chi connectivity index (χ4n) is 1.62. The van der Waals surface area contributed by atoms with Crippen LogP contribution in [0.3, 0.4) is 0 Å². The third-order valence-electron chi connectivity index (χ3n) is 2.92. The van der Waals surface area contributed by atoms with Crippen molar-refractivity contribution in [3.63, 3.8) is 0 Å². The number of halogens is 1. The SMILES string of the molecule is CC(C)C(CNC(=O)C=Cc1ccc(Br)cc1)C(=O)O. The van der Waals surface area contributed by atoms with Gasteiger partial charge in [-0.15, -0.1) is 0 Å². The first-order chi connectivity index (χ1) is 9.40. The number of benzene rings is 1. The standard InChI is InChI=1S/C15H18BrNO3/c1-10(2)13(15(19)20)9-17-14(18)8-5-11-3-6-12(16)7-4-11/h3-8,10,13H,9H2,1-2H3,(H,17,18)(H,19,20). The summed E-state index contributed by atoms with van der Waals surface area (Å²) in [5.41, 5.74) is 0.905. The van der Waals surface area contributed by atoms with Gasteiger partial charge in [0.2, 0.25) is 5.91 Å². The van der Waals surface area contributed by atoms with Crippen molar-refractivity contribution in [3.8, 4) is 0 Å². The molecule has 108 valence electrons. The number of aliphatic carboxylic acids is 1. The first kappa shape index (κ1) is 16.4. The van der Waals surface area contributed by atoms with Crippen molar-refractivity contribution >= 4 is 33.9 Å². The number of hydrogen-bond acceptors (Lipinski definition) is 2. The molecule has 1 rings (SSSR count). The summed E-state index contributed by atoms with van der Waals surface area (Å²) >= 11 is 3.33. The number of carbonyl (C=O) groups is 2. The van der Waals surface area contributed by atoms with Crippen LogP contribution in [-0.2, 0) is 9.59 Å². The molecule has 0 bridgehead atoms. The van der Waals surface area contributed by atoms with Gasteiger partial charge in [-0.2, -0.15) is 0 Å². The lowest BCUT2D eigenvalue weighted by Crippen LogP contribution is -2.34. The molecule has 1 amide bonds. The van der Waals surface area contributed by atoms with Gasteiger partial charge in [0.05, 0.1) is 5.92 Å². The van der Waals surface area contributed by atoms with Gasteiger partial charge in [0, 0.05) is 17.1 Å². The van der Waals surface area contributed by atoms with Crippen LogP contribution in [0.5, 0.6) is 0 Å².